The van der Waals surface area contributed by atoms with Gasteiger partial charge in [0, 0.05) is 10.7 Å². The van der Waals surface area contributed by atoms with Crippen molar-refractivity contribution in [2.75, 3.05) is 0 Å². The highest BCUT2D eigenvalue weighted by molar-refractivity contribution is 8.13. The lowest BCUT2D eigenvalue weighted by atomic mass is 10.0. The fraction of sp³-hybridized carbons (Fsp3) is 0.200. The van der Waals surface area contributed by atoms with Crippen LogP contribution in [0.3, 0.4) is 0 Å². The Hall–Kier alpha value is -1.32. The molecule has 1 aliphatic rings. The maximum absolute atomic E-state index is 11.2. The summed E-state index contributed by atoms with van der Waals surface area (Å²) < 4.78 is 22.4. The SMILES string of the molecule is O=S(=O)(Cl)c1ccc(-c2ccc3c(c2)CCC3)cc1. The number of fused-ring (bicyclic) bond motifs is 1. The van der Waals surface area contributed by atoms with Crippen LogP contribution in [0.2, 0.25) is 0 Å². The molecule has 0 amide bonds. The molecule has 0 saturated heterocycles. The molecule has 0 unspecified atom stereocenters. The minimum Gasteiger partial charge on any atom is -0.207 e. The van der Waals surface area contributed by atoms with E-state index in [-0.39, 0.29) is 4.90 Å². The predicted octanol–water partition coefficient (Wildman–Crippen LogP) is 3.77. The summed E-state index contributed by atoms with van der Waals surface area (Å²) in [5, 5.41) is 0. The Kier molecular flexibility index (Phi) is 3.11. The molecule has 0 N–H and O–H groups in total. The molecule has 0 bridgehead atoms. The van der Waals surface area contributed by atoms with Gasteiger partial charge in [0.2, 0.25) is 0 Å². The van der Waals surface area contributed by atoms with Gasteiger partial charge in [0.15, 0.2) is 0 Å². The molecule has 0 aliphatic heterocycles. The van der Waals surface area contributed by atoms with Crippen molar-refractivity contribution in [2.24, 2.45) is 0 Å². The molecular formula is C15H13ClO2S. The molecule has 98 valence electrons. The Morgan fingerprint density at radius 3 is 2.16 bits per heavy atom. The van der Waals surface area contributed by atoms with Gasteiger partial charge in [-0.25, -0.2) is 8.42 Å². The molecule has 2 nitrogen and oxygen atoms in total. The summed E-state index contributed by atoms with van der Waals surface area (Å²) in [6, 6.07) is 13.2. The number of hydrogen-bond donors (Lipinski definition) is 0. The molecule has 2 aromatic rings. The summed E-state index contributed by atoms with van der Waals surface area (Å²) >= 11 is 0. The topological polar surface area (TPSA) is 34.1 Å². The van der Waals surface area contributed by atoms with Crippen molar-refractivity contribution in [1.82, 2.24) is 0 Å². The molecule has 0 fully saturated rings. The van der Waals surface area contributed by atoms with E-state index in [0.717, 1.165) is 17.5 Å². The van der Waals surface area contributed by atoms with Gasteiger partial charge in [-0.05, 0) is 53.6 Å². The lowest BCUT2D eigenvalue weighted by Crippen LogP contribution is -1.90. The minimum atomic E-state index is -3.64. The Labute approximate surface area is 117 Å². The summed E-state index contributed by atoms with van der Waals surface area (Å²) in [5.74, 6) is 0. The lowest BCUT2D eigenvalue weighted by molar-refractivity contribution is 0.609. The third-order valence-electron chi connectivity index (χ3n) is 3.57. The second-order valence-electron chi connectivity index (χ2n) is 4.80. The van der Waals surface area contributed by atoms with Crippen LogP contribution in [-0.2, 0) is 21.9 Å². The number of rotatable bonds is 2. The maximum atomic E-state index is 11.2. The van der Waals surface area contributed by atoms with Crippen molar-refractivity contribution in [2.45, 2.75) is 24.2 Å². The van der Waals surface area contributed by atoms with Gasteiger partial charge in [-0.2, -0.15) is 0 Å². The quantitative estimate of drug-likeness (QED) is 0.790. The van der Waals surface area contributed by atoms with Crippen LogP contribution in [0.1, 0.15) is 17.5 Å². The molecule has 19 heavy (non-hydrogen) atoms. The fourth-order valence-electron chi connectivity index (χ4n) is 2.56. The van der Waals surface area contributed by atoms with Gasteiger partial charge in [0.05, 0.1) is 4.90 Å². The van der Waals surface area contributed by atoms with E-state index < -0.39 is 9.05 Å². The predicted molar refractivity (Wildman–Crippen MR) is 76.9 cm³/mol. The summed E-state index contributed by atoms with van der Waals surface area (Å²) in [6.07, 6.45) is 3.53. The number of hydrogen-bond acceptors (Lipinski definition) is 2. The van der Waals surface area contributed by atoms with Crippen molar-refractivity contribution >= 4 is 19.7 Å². The van der Waals surface area contributed by atoms with E-state index in [1.54, 1.807) is 24.3 Å². The molecule has 0 atom stereocenters. The minimum absolute atomic E-state index is 0.138. The lowest BCUT2D eigenvalue weighted by Gasteiger charge is -2.06. The van der Waals surface area contributed by atoms with Crippen molar-refractivity contribution < 1.29 is 8.42 Å². The summed E-state index contributed by atoms with van der Waals surface area (Å²) in [5.41, 5.74) is 4.98. The smallest absolute Gasteiger partial charge is 0.207 e. The van der Waals surface area contributed by atoms with Gasteiger partial charge >= 0.3 is 0 Å². The molecule has 0 heterocycles. The Morgan fingerprint density at radius 1 is 0.842 bits per heavy atom. The average Bonchev–Trinajstić information content (AvgIpc) is 2.85. The summed E-state index contributed by atoms with van der Waals surface area (Å²) in [4.78, 5) is 0.138. The van der Waals surface area contributed by atoms with E-state index in [9.17, 15) is 8.42 Å². The van der Waals surface area contributed by atoms with Crippen LogP contribution in [0, 0.1) is 0 Å². The van der Waals surface area contributed by atoms with E-state index in [4.69, 9.17) is 10.7 Å². The zero-order chi connectivity index (χ0) is 13.5. The van der Waals surface area contributed by atoms with Crippen LogP contribution in [0.5, 0.6) is 0 Å². The first kappa shape index (κ1) is 12.7. The number of aryl methyl sites for hydroxylation is 2. The Bertz CT molecular complexity index is 718. The second-order valence-corrected chi connectivity index (χ2v) is 7.37. The molecule has 4 heteroatoms. The zero-order valence-electron chi connectivity index (χ0n) is 10.3. The largest absolute Gasteiger partial charge is 0.261 e. The molecule has 0 aromatic heterocycles. The third kappa shape index (κ3) is 2.53. The highest BCUT2D eigenvalue weighted by Crippen LogP contribution is 2.29. The van der Waals surface area contributed by atoms with Gasteiger partial charge in [-0.3, -0.25) is 0 Å². The van der Waals surface area contributed by atoms with Crippen molar-refractivity contribution in [3.05, 3.63) is 53.6 Å². The van der Waals surface area contributed by atoms with Crippen molar-refractivity contribution in [1.29, 1.82) is 0 Å². The van der Waals surface area contributed by atoms with E-state index in [1.165, 1.54) is 24.0 Å². The molecule has 0 radical (unpaired) electrons. The highest BCUT2D eigenvalue weighted by Gasteiger charge is 2.12. The fourth-order valence-corrected chi connectivity index (χ4v) is 3.33. The Morgan fingerprint density at radius 2 is 1.47 bits per heavy atom. The average molecular weight is 293 g/mol. The molecule has 1 aliphatic carbocycles. The molecular weight excluding hydrogens is 280 g/mol. The van der Waals surface area contributed by atoms with Crippen LogP contribution in [0.15, 0.2) is 47.4 Å². The summed E-state index contributed by atoms with van der Waals surface area (Å²) in [7, 11) is 1.67. The van der Waals surface area contributed by atoms with Gasteiger partial charge in [0.1, 0.15) is 0 Å². The monoisotopic (exact) mass is 292 g/mol. The molecule has 0 saturated carbocycles. The third-order valence-corrected chi connectivity index (χ3v) is 4.94. The van der Waals surface area contributed by atoms with Crippen molar-refractivity contribution in [3.63, 3.8) is 0 Å². The zero-order valence-corrected chi connectivity index (χ0v) is 11.8. The van der Waals surface area contributed by atoms with Crippen LogP contribution in [-0.4, -0.2) is 8.42 Å². The number of halogens is 1. The maximum Gasteiger partial charge on any atom is 0.261 e. The van der Waals surface area contributed by atoms with E-state index in [0.29, 0.717) is 0 Å². The Balaban J connectivity index is 1.99. The van der Waals surface area contributed by atoms with Crippen LogP contribution in [0.4, 0.5) is 0 Å². The van der Waals surface area contributed by atoms with E-state index >= 15 is 0 Å². The second kappa shape index (κ2) is 4.66. The normalized spacial score (nSPS) is 14.4. The van der Waals surface area contributed by atoms with E-state index in [2.05, 4.69) is 18.2 Å². The molecule has 3 rings (SSSR count). The van der Waals surface area contributed by atoms with E-state index in [1.807, 2.05) is 0 Å². The van der Waals surface area contributed by atoms with Gasteiger partial charge in [-0.1, -0.05) is 30.3 Å². The first-order valence-electron chi connectivity index (χ1n) is 6.21. The molecule has 0 spiro atoms. The van der Waals surface area contributed by atoms with Gasteiger partial charge in [-0.15, -0.1) is 0 Å². The van der Waals surface area contributed by atoms with Crippen molar-refractivity contribution in [3.8, 4) is 11.1 Å². The van der Waals surface area contributed by atoms with Crippen LogP contribution >= 0.6 is 10.7 Å². The highest BCUT2D eigenvalue weighted by atomic mass is 35.7. The first-order chi connectivity index (χ1) is 9.04. The molecule has 2 aromatic carbocycles. The van der Waals surface area contributed by atoms with Gasteiger partial charge < -0.3 is 0 Å². The standard InChI is InChI=1S/C15H13ClO2S/c16-19(17,18)15-8-6-12(7-9-15)14-5-4-11-2-1-3-13(11)10-14/h4-10H,1-3H2. The van der Waals surface area contributed by atoms with Crippen LogP contribution < -0.4 is 0 Å². The number of benzene rings is 2. The van der Waals surface area contributed by atoms with Crippen LogP contribution in [0.25, 0.3) is 11.1 Å². The summed E-state index contributed by atoms with van der Waals surface area (Å²) in [6.45, 7) is 0. The van der Waals surface area contributed by atoms with Gasteiger partial charge in [0.25, 0.3) is 9.05 Å². The first-order valence-corrected chi connectivity index (χ1v) is 8.52.